The van der Waals surface area contributed by atoms with Crippen molar-refractivity contribution in [3.8, 4) is 11.1 Å². The molecule has 256 valence electrons. The molecule has 3 saturated heterocycles. The van der Waals surface area contributed by atoms with Crippen molar-refractivity contribution in [1.82, 2.24) is 15.1 Å². The first-order valence-electron chi connectivity index (χ1n) is 18.0. The van der Waals surface area contributed by atoms with E-state index < -0.39 is 6.29 Å². The minimum absolute atomic E-state index is 0.000608. The predicted octanol–water partition coefficient (Wildman–Crippen LogP) is 7.13. The van der Waals surface area contributed by atoms with Gasteiger partial charge in [0.05, 0.1) is 18.8 Å². The molecule has 0 bridgehead atoms. The third-order valence-corrected chi connectivity index (χ3v) is 10.6. The zero-order chi connectivity index (χ0) is 33.6. The fourth-order valence-corrected chi connectivity index (χ4v) is 7.76. The molecular weight excluding hydrogens is 610 g/mol. The predicted molar refractivity (Wildman–Crippen MR) is 193 cm³/mol. The van der Waals surface area contributed by atoms with Crippen LogP contribution in [-0.4, -0.2) is 65.7 Å². The van der Waals surface area contributed by atoms with E-state index in [0.717, 1.165) is 53.0 Å². The zero-order valence-corrected chi connectivity index (χ0v) is 28.5. The van der Waals surface area contributed by atoms with Crippen molar-refractivity contribution in [3.63, 3.8) is 0 Å². The molecule has 3 fully saturated rings. The van der Waals surface area contributed by atoms with Crippen LogP contribution in [-0.2, 0) is 22.6 Å². The molecule has 0 saturated carbocycles. The van der Waals surface area contributed by atoms with Gasteiger partial charge in [0.1, 0.15) is 0 Å². The van der Waals surface area contributed by atoms with Gasteiger partial charge >= 0.3 is 0 Å². The Morgan fingerprint density at radius 1 is 0.776 bits per heavy atom. The van der Waals surface area contributed by atoms with Crippen molar-refractivity contribution < 1.29 is 19.4 Å². The highest BCUT2D eigenvalue weighted by Crippen LogP contribution is 2.43. The van der Waals surface area contributed by atoms with E-state index in [2.05, 4.69) is 70.6 Å². The van der Waals surface area contributed by atoms with Crippen LogP contribution in [0.25, 0.3) is 11.1 Å². The molecule has 3 aliphatic rings. The summed E-state index contributed by atoms with van der Waals surface area (Å²) in [7, 11) is 0. The van der Waals surface area contributed by atoms with E-state index in [9.17, 15) is 9.90 Å². The van der Waals surface area contributed by atoms with E-state index in [1.165, 1.54) is 38.8 Å². The molecule has 4 aromatic carbocycles. The minimum Gasteiger partial charge on any atom is -0.392 e. The molecule has 1 amide bonds. The van der Waals surface area contributed by atoms with Crippen molar-refractivity contribution in [2.24, 2.45) is 5.92 Å². The molecule has 4 aromatic rings. The van der Waals surface area contributed by atoms with Crippen molar-refractivity contribution in [2.75, 3.05) is 32.7 Å². The second kappa shape index (κ2) is 15.8. The molecule has 0 unspecified atom stereocenters. The normalized spacial score (nSPS) is 24.7. The molecule has 3 heterocycles. The number of hydrogen-bond donors (Lipinski definition) is 2. The maximum absolute atomic E-state index is 12.7. The first-order chi connectivity index (χ1) is 24.0. The van der Waals surface area contributed by atoms with Gasteiger partial charge < -0.3 is 24.8 Å². The number of nitrogens with zero attached hydrogens (tertiary/aromatic N) is 2. The van der Waals surface area contributed by atoms with Crippen LogP contribution in [0.15, 0.2) is 103 Å². The largest absolute Gasteiger partial charge is 0.392 e. The van der Waals surface area contributed by atoms with E-state index >= 15 is 0 Å². The Kier molecular flexibility index (Phi) is 10.8. The van der Waals surface area contributed by atoms with E-state index in [1.54, 1.807) is 0 Å². The zero-order valence-electron chi connectivity index (χ0n) is 28.5. The van der Waals surface area contributed by atoms with Crippen LogP contribution >= 0.6 is 0 Å². The number of aliphatic hydroxyl groups excluding tert-OH is 1. The van der Waals surface area contributed by atoms with Crippen molar-refractivity contribution in [2.45, 2.75) is 70.3 Å². The van der Waals surface area contributed by atoms with Crippen molar-refractivity contribution in [1.29, 1.82) is 0 Å². The Bertz CT molecular complexity index is 1670. The second-order valence-corrected chi connectivity index (χ2v) is 14.0. The van der Waals surface area contributed by atoms with Crippen LogP contribution in [0.1, 0.15) is 77.6 Å². The summed E-state index contributed by atoms with van der Waals surface area (Å²) in [5.74, 6) is 0.0652. The molecule has 0 aromatic heterocycles. The summed E-state index contributed by atoms with van der Waals surface area (Å²) in [4.78, 5) is 18.0. The van der Waals surface area contributed by atoms with E-state index in [0.29, 0.717) is 18.2 Å². The van der Waals surface area contributed by atoms with Crippen molar-refractivity contribution >= 4 is 5.91 Å². The number of rotatable bonds is 11. The van der Waals surface area contributed by atoms with E-state index in [4.69, 9.17) is 9.47 Å². The van der Waals surface area contributed by atoms with Gasteiger partial charge in [-0.1, -0.05) is 85.8 Å². The van der Waals surface area contributed by atoms with Gasteiger partial charge in [0.25, 0.3) is 5.91 Å². The van der Waals surface area contributed by atoms with Crippen LogP contribution in [0.4, 0.5) is 0 Å². The van der Waals surface area contributed by atoms with Crippen LogP contribution in [0.2, 0.25) is 0 Å². The number of carbonyl (C=O) groups excluding carboxylic acids is 1. The lowest BCUT2D eigenvalue weighted by atomic mass is 9.89. The van der Waals surface area contributed by atoms with Gasteiger partial charge in [-0.15, -0.1) is 0 Å². The lowest BCUT2D eigenvalue weighted by Crippen LogP contribution is -2.48. The number of aliphatic hydroxyl groups is 1. The summed E-state index contributed by atoms with van der Waals surface area (Å²) in [5.41, 5.74) is 6.83. The molecule has 7 rings (SSSR count). The topological polar surface area (TPSA) is 74.3 Å². The summed E-state index contributed by atoms with van der Waals surface area (Å²) in [6.07, 6.45) is 4.47. The number of benzene rings is 4. The lowest BCUT2D eigenvalue weighted by Gasteiger charge is -2.43. The van der Waals surface area contributed by atoms with Gasteiger partial charge in [-0.2, -0.15) is 0 Å². The van der Waals surface area contributed by atoms with Crippen LogP contribution in [0, 0.1) is 5.92 Å². The first kappa shape index (κ1) is 33.6. The Balaban J connectivity index is 1.10. The SMILES string of the molecule is C[C@@H]1[C@H](CN2CCC[C@H]2CN2CCCC2)O[C@H](c2cccc(-c3cccc(CNC(=O)c4ccccc4)c3)c2)O[C@@H]1c1ccc(CO)cc1. The monoisotopic (exact) mass is 659 g/mol. The van der Waals surface area contributed by atoms with Gasteiger partial charge in [-0.3, -0.25) is 9.69 Å². The molecule has 2 N–H and O–H groups in total. The quantitative estimate of drug-likeness (QED) is 0.179. The van der Waals surface area contributed by atoms with Gasteiger partial charge in [-0.25, -0.2) is 0 Å². The van der Waals surface area contributed by atoms with E-state index in [-0.39, 0.29) is 30.6 Å². The molecule has 49 heavy (non-hydrogen) atoms. The average molecular weight is 660 g/mol. The molecular formula is C42H49N3O4. The number of amides is 1. The molecule has 7 nitrogen and oxygen atoms in total. The smallest absolute Gasteiger partial charge is 0.251 e. The average Bonchev–Trinajstić information content (AvgIpc) is 3.84. The molecule has 7 heteroatoms. The third kappa shape index (κ3) is 8.14. The maximum atomic E-state index is 12.7. The number of ether oxygens (including phenoxy) is 2. The number of carbonyl (C=O) groups is 1. The molecule has 0 spiro atoms. The Labute approximate surface area is 290 Å². The van der Waals surface area contributed by atoms with Crippen LogP contribution in [0.5, 0.6) is 0 Å². The first-order valence-corrected chi connectivity index (χ1v) is 18.0. The molecule has 3 aliphatic heterocycles. The van der Waals surface area contributed by atoms with Gasteiger partial charge in [0.2, 0.25) is 0 Å². The fourth-order valence-electron chi connectivity index (χ4n) is 7.76. The maximum Gasteiger partial charge on any atom is 0.251 e. The summed E-state index contributed by atoms with van der Waals surface area (Å²) >= 11 is 0. The number of likely N-dealkylation sites (tertiary alicyclic amines) is 2. The van der Waals surface area contributed by atoms with Gasteiger partial charge in [-0.05, 0) is 97.4 Å². The van der Waals surface area contributed by atoms with Crippen LogP contribution < -0.4 is 5.32 Å². The molecule has 0 aliphatic carbocycles. The number of nitrogens with one attached hydrogen (secondary N) is 1. The second-order valence-electron chi connectivity index (χ2n) is 14.0. The number of hydrogen-bond acceptors (Lipinski definition) is 6. The highest BCUT2D eigenvalue weighted by atomic mass is 16.7. The Morgan fingerprint density at radius 2 is 1.53 bits per heavy atom. The Morgan fingerprint density at radius 3 is 2.31 bits per heavy atom. The van der Waals surface area contributed by atoms with Gasteiger partial charge in [0, 0.05) is 42.7 Å². The third-order valence-electron chi connectivity index (χ3n) is 10.6. The molecule has 0 radical (unpaired) electrons. The summed E-state index contributed by atoms with van der Waals surface area (Å²) < 4.78 is 13.8. The Hall–Kier alpha value is -3.85. The standard InChI is InChI=1S/C42H49N3O4/c1-30-39(28-45-23-9-16-38(45)27-44-21-5-6-22-44)48-42(49-40(30)33-19-17-31(29-46)18-20-33)37-15-8-14-36(25-37)35-13-7-10-32(24-35)26-43-41(47)34-11-3-2-4-12-34/h2-4,7-8,10-15,17-20,24-25,30,38-40,42,46H,5-6,9,16,21-23,26-29H2,1H3,(H,43,47)/t30-,38+,39+,40+,42+/m1/s1. The summed E-state index contributed by atoms with van der Waals surface area (Å²) in [6, 6.07) is 34.8. The van der Waals surface area contributed by atoms with Gasteiger partial charge in [0.15, 0.2) is 6.29 Å². The van der Waals surface area contributed by atoms with Crippen molar-refractivity contribution in [3.05, 3.63) is 131 Å². The molecule has 5 atom stereocenters. The highest BCUT2D eigenvalue weighted by Gasteiger charge is 2.41. The van der Waals surface area contributed by atoms with E-state index in [1.807, 2.05) is 54.6 Å². The fraction of sp³-hybridized carbons (Fsp3) is 0.405. The minimum atomic E-state index is -0.517. The van der Waals surface area contributed by atoms with Crippen LogP contribution in [0.3, 0.4) is 0 Å². The summed E-state index contributed by atoms with van der Waals surface area (Å²) in [6.45, 7) is 8.34. The lowest BCUT2D eigenvalue weighted by molar-refractivity contribution is -0.276. The highest BCUT2D eigenvalue weighted by molar-refractivity contribution is 5.94. The summed E-state index contributed by atoms with van der Waals surface area (Å²) in [5, 5.41) is 12.7.